The number of para-hydroxylation sites is 1. The first kappa shape index (κ1) is 22.3. The summed E-state index contributed by atoms with van der Waals surface area (Å²) >= 11 is 0. The lowest BCUT2D eigenvalue weighted by molar-refractivity contribution is -0.140. The molecule has 7 heteroatoms. The van der Waals surface area contributed by atoms with Crippen LogP contribution in [0.4, 0.5) is 0 Å². The number of nitrogens with zero attached hydrogens (tertiary/aromatic N) is 1. The third-order valence-electron chi connectivity index (χ3n) is 5.70. The molecular formula is C26H27N3O4. The molecule has 0 radical (unpaired) electrons. The Labute approximate surface area is 191 Å². The maximum atomic E-state index is 13.2. The second kappa shape index (κ2) is 9.32. The van der Waals surface area contributed by atoms with E-state index in [0.29, 0.717) is 28.8 Å². The van der Waals surface area contributed by atoms with Crippen LogP contribution in [-0.4, -0.2) is 35.9 Å². The molecule has 3 heterocycles. The number of Topliss-reactive ketones (excluding diaryl/α,β-unsaturated/α-hetero) is 1. The van der Waals surface area contributed by atoms with Crippen molar-refractivity contribution in [2.75, 3.05) is 14.2 Å². The third-order valence-corrected chi connectivity index (χ3v) is 5.70. The smallest absolute Gasteiger partial charge is 0.305 e. The first-order valence-corrected chi connectivity index (χ1v) is 10.8. The van der Waals surface area contributed by atoms with Crippen LogP contribution in [0.25, 0.3) is 17.3 Å². The Morgan fingerprint density at radius 1 is 1.06 bits per heavy atom. The number of aryl methyl sites for hydroxylation is 2. The van der Waals surface area contributed by atoms with Crippen LogP contribution in [0.2, 0.25) is 0 Å². The number of rotatable bonds is 7. The van der Waals surface area contributed by atoms with E-state index in [9.17, 15) is 9.59 Å². The summed E-state index contributed by atoms with van der Waals surface area (Å²) in [6, 6.07) is 11.5. The van der Waals surface area contributed by atoms with Gasteiger partial charge in [-0.15, -0.1) is 0 Å². The van der Waals surface area contributed by atoms with Gasteiger partial charge in [-0.2, -0.15) is 0 Å². The van der Waals surface area contributed by atoms with Crippen molar-refractivity contribution in [2.45, 2.75) is 33.1 Å². The Hall–Kier alpha value is -3.87. The number of ether oxygens (including phenoxy) is 2. The van der Waals surface area contributed by atoms with E-state index in [-0.39, 0.29) is 24.6 Å². The maximum Gasteiger partial charge on any atom is 0.305 e. The number of aromatic amines is 2. The van der Waals surface area contributed by atoms with E-state index < -0.39 is 0 Å². The van der Waals surface area contributed by atoms with E-state index in [1.165, 1.54) is 7.11 Å². The van der Waals surface area contributed by atoms with Gasteiger partial charge in [0.15, 0.2) is 5.78 Å². The number of esters is 1. The van der Waals surface area contributed by atoms with Crippen molar-refractivity contribution >= 4 is 29.1 Å². The Morgan fingerprint density at radius 3 is 2.55 bits per heavy atom. The van der Waals surface area contributed by atoms with Crippen molar-refractivity contribution in [3.05, 3.63) is 74.6 Å². The lowest BCUT2D eigenvalue weighted by Crippen LogP contribution is -2.25. The molecule has 0 unspecified atom stereocenters. The van der Waals surface area contributed by atoms with E-state index >= 15 is 0 Å². The molecule has 170 valence electrons. The standard InChI is InChI=1S/C26H27N3O4/c1-15-12-16(2)27-19(15)13-20-23(32-3)14-21(28-20)26-25(17-8-5-6-9-18(17)29-26)22(30)10-7-11-24(31)33-4/h5-6,8-9,12-14,27-28H,7,10-11H2,1-4H3. The van der Waals surface area contributed by atoms with Gasteiger partial charge in [0.2, 0.25) is 0 Å². The lowest BCUT2D eigenvalue weighted by Gasteiger charge is -2.03. The van der Waals surface area contributed by atoms with Gasteiger partial charge in [0.25, 0.3) is 0 Å². The van der Waals surface area contributed by atoms with E-state index in [1.807, 2.05) is 50.3 Å². The molecule has 1 aliphatic rings. The number of carbonyl (C=O) groups is 2. The molecule has 0 saturated carbocycles. The highest BCUT2D eigenvalue weighted by molar-refractivity contribution is 6.28. The molecule has 1 aliphatic heterocycles. The highest BCUT2D eigenvalue weighted by atomic mass is 16.5. The molecule has 0 bridgehead atoms. The van der Waals surface area contributed by atoms with E-state index in [2.05, 4.69) is 20.8 Å². The van der Waals surface area contributed by atoms with Crippen LogP contribution in [0.5, 0.6) is 5.75 Å². The number of ketones is 1. The van der Waals surface area contributed by atoms with Gasteiger partial charge in [-0.25, -0.2) is 4.99 Å². The van der Waals surface area contributed by atoms with Gasteiger partial charge in [-0.05, 0) is 44.0 Å². The van der Waals surface area contributed by atoms with Crippen LogP contribution in [0.1, 0.15) is 36.2 Å². The molecule has 7 nitrogen and oxygen atoms in total. The molecule has 0 fully saturated rings. The molecule has 2 aromatic heterocycles. The van der Waals surface area contributed by atoms with Crippen molar-refractivity contribution in [2.24, 2.45) is 4.99 Å². The monoisotopic (exact) mass is 445 g/mol. The summed E-state index contributed by atoms with van der Waals surface area (Å²) in [4.78, 5) is 36.2. The highest BCUT2D eigenvalue weighted by Gasteiger charge is 2.22. The van der Waals surface area contributed by atoms with Gasteiger partial charge in [0.05, 0.1) is 41.5 Å². The second-order valence-corrected chi connectivity index (χ2v) is 8.06. The summed E-state index contributed by atoms with van der Waals surface area (Å²) in [5.41, 5.74) is 4.32. The zero-order valence-electron chi connectivity index (χ0n) is 19.2. The van der Waals surface area contributed by atoms with Crippen LogP contribution in [0.15, 0.2) is 41.4 Å². The van der Waals surface area contributed by atoms with Gasteiger partial charge in [-0.1, -0.05) is 18.2 Å². The van der Waals surface area contributed by atoms with Crippen LogP contribution >= 0.6 is 0 Å². The fourth-order valence-corrected chi connectivity index (χ4v) is 4.08. The van der Waals surface area contributed by atoms with Crippen LogP contribution in [0.3, 0.4) is 0 Å². The number of carbonyl (C=O) groups excluding carboxylic acids is 2. The Bertz CT molecular complexity index is 1470. The lowest BCUT2D eigenvalue weighted by atomic mass is 10.0. The molecule has 2 N–H and O–H groups in total. The number of hydrogen-bond donors (Lipinski definition) is 2. The molecule has 0 spiro atoms. The fourth-order valence-electron chi connectivity index (χ4n) is 4.08. The molecule has 3 aromatic rings. The Balaban J connectivity index is 1.83. The van der Waals surface area contributed by atoms with E-state index in [0.717, 1.165) is 32.9 Å². The SMILES string of the molecule is COC(=O)CCCC(=O)C1=c2ccccc2=NC1=c1cc(OC)c(=Cc2[nH]c(C)cc2C)[nH]1. The minimum atomic E-state index is -0.322. The number of H-pyrrole nitrogens is 2. The van der Waals surface area contributed by atoms with Gasteiger partial charge >= 0.3 is 5.97 Å². The number of hydrogen-bond acceptors (Lipinski definition) is 5. The van der Waals surface area contributed by atoms with Crippen molar-refractivity contribution in [3.8, 4) is 5.75 Å². The summed E-state index contributed by atoms with van der Waals surface area (Å²) in [5, 5.41) is 3.03. The van der Waals surface area contributed by atoms with E-state index in [4.69, 9.17) is 9.73 Å². The van der Waals surface area contributed by atoms with Crippen molar-refractivity contribution in [1.29, 1.82) is 0 Å². The topological polar surface area (TPSA) is 96.5 Å². The highest BCUT2D eigenvalue weighted by Crippen LogP contribution is 2.19. The molecule has 33 heavy (non-hydrogen) atoms. The first-order chi connectivity index (χ1) is 15.9. The quantitative estimate of drug-likeness (QED) is 0.536. The van der Waals surface area contributed by atoms with Crippen molar-refractivity contribution < 1.29 is 19.1 Å². The van der Waals surface area contributed by atoms with Gasteiger partial charge in [-0.3, -0.25) is 9.59 Å². The first-order valence-electron chi connectivity index (χ1n) is 10.8. The number of nitrogens with one attached hydrogen (secondary N) is 2. The summed E-state index contributed by atoms with van der Waals surface area (Å²) in [7, 11) is 2.96. The largest absolute Gasteiger partial charge is 0.494 e. The zero-order chi connectivity index (χ0) is 23.5. The molecule has 0 saturated heterocycles. The minimum absolute atomic E-state index is 0.0578. The molecule has 0 aliphatic carbocycles. The number of aromatic nitrogens is 2. The average molecular weight is 446 g/mol. The summed E-state index contributed by atoms with van der Waals surface area (Å²) in [6.45, 7) is 4.06. The molecule has 1 aromatic carbocycles. The predicted molar refractivity (Wildman–Crippen MR) is 125 cm³/mol. The number of benzene rings is 1. The normalized spacial score (nSPS) is 14.8. The van der Waals surface area contributed by atoms with Gasteiger partial charge < -0.3 is 19.4 Å². The Kier molecular flexibility index (Phi) is 6.31. The molecule has 0 amide bonds. The predicted octanol–water partition coefficient (Wildman–Crippen LogP) is 1.30. The summed E-state index contributed by atoms with van der Waals surface area (Å²) in [5.74, 6) is 0.281. The Morgan fingerprint density at radius 2 is 1.85 bits per heavy atom. The van der Waals surface area contributed by atoms with E-state index in [1.54, 1.807) is 7.11 Å². The van der Waals surface area contributed by atoms with Crippen LogP contribution < -0.4 is 26.0 Å². The summed E-state index contributed by atoms with van der Waals surface area (Å²) in [6.07, 6.45) is 2.84. The number of fused-ring (bicyclic) bond motifs is 1. The molecular weight excluding hydrogens is 418 g/mol. The van der Waals surface area contributed by atoms with Crippen LogP contribution in [-0.2, 0) is 14.3 Å². The third kappa shape index (κ3) is 4.53. The van der Waals surface area contributed by atoms with Crippen molar-refractivity contribution in [3.63, 3.8) is 0 Å². The zero-order valence-corrected chi connectivity index (χ0v) is 19.2. The molecule has 0 atom stereocenters. The maximum absolute atomic E-state index is 13.2. The van der Waals surface area contributed by atoms with Crippen molar-refractivity contribution in [1.82, 2.24) is 9.97 Å². The molecule has 4 rings (SSSR count). The number of methoxy groups -OCH3 is 2. The second-order valence-electron chi connectivity index (χ2n) is 8.06. The summed E-state index contributed by atoms with van der Waals surface area (Å²) < 4.78 is 10.3. The minimum Gasteiger partial charge on any atom is -0.494 e. The fraction of sp³-hybridized carbons (Fsp3) is 0.269. The van der Waals surface area contributed by atoms with Gasteiger partial charge in [0.1, 0.15) is 5.75 Å². The van der Waals surface area contributed by atoms with Gasteiger partial charge in [0, 0.05) is 35.5 Å². The average Bonchev–Trinajstić information content (AvgIpc) is 3.48. The van der Waals surface area contributed by atoms with Crippen LogP contribution in [0, 0.1) is 13.8 Å².